The van der Waals surface area contributed by atoms with E-state index < -0.39 is 0 Å². The number of nitrogens with one attached hydrogen (secondary N) is 1. The first-order chi connectivity index (χ1) is 13.1. The van der Waals surface area contributed by atoms with Crippen LogP contribution in [0, 0.1) is 0 Å². The van der Waals surface area contributed by atoms with Gasteiger partial charge in [0, 0.05) is 25.7 Å². The van der Waals surface area contributed by atoms with E-state index in [-0.39, 0.29) is 6.03 Å². The fourth-order valence-electron chi connectivity index (χ4n) is 2.36. The van der Waals surface area contributed by atoms with Gasteiger partial charge in [0.15, 0.2) is 5.82 Å². The van der Waals surface area contributed by atoms with Gasteiger partial charge < -0.3 is 19.5 Å². The topological polar surface area (TPSA) is 80.5 Å². The second kappa shape index (κ2) is 8.55. The van der Waals surface area contributed by atoms with Gasteiger partial charge >= 0.3 is 6.03 Å². The van der Waals surface area contributed by atoms with Crippen molar-refractivity contribution in [2.75, 3.05) is 26.0 Å². The molecule has 0 radical (unpaired) electrons. The normalized spacial score (nSPS) is 10.5. The van der Waals surface area contributed by atoms with E-state index in [2.05, 4.69) is 15.5 Å². The third kappa shape index (κ3) is 4.77. The molecule has 2 aromatic carbocycles. The second-order valence-electron chi connectivity index (χ2n) is 5.83. The molecular formula is C19H19ClN4O3. The molecule has 3 aromatic rings. The van der Waals surface area contributed by atoms with E-state index in [0.717, 1.165) is 5.75 Å². The molecule has 8 heteroatoms. The van der Waals surface area contributed by atoms with Crippen LogP contribution in [0.2, 0.25) is 5.02 Å². The molecule has 1 aromatic heterocycles. The highest BCUT2D eigenvalue weighted by Gasteiger charge is 2.14. The van der Waals surface area contributed by atoms with E-state index in [9.17, 15) is 4.79 Å². The maximum Gasteiger partial charge on any atom is 0.321 e. The molecular weight excluding hydrogens is 368 g/mol. The molecule has 1 heterocycles. The second-order valence-corrected chi connectivity index (χ2v) is 6.23. The standard InChI is InChI=1S/C19H19ClN4O3/c1-24(19(25)21-13-7-9-14(26-2)10-8-13)12-11-17-22-18(27-23-17)15-5-3-4-6-16(15)20/h3-10H,11-12H2,1-2H3,(H,21,25). The molecule has 1 N–H and O–H groups in total. The van der Waals surface area contributed by atoms with Crippen molar-refractivity contribution in [3.8, 4) is 17.2 Å². The summed E-state index contributed by atoms with van der Waals surface area (Å²) >= 11 is 6.14. The van der Waals surface area contributed by atoms with Gasteiger partial charge in [-0.3, -0.25) is 0 Å². The van der Waals surface area contributed by atoms with Crippen LogP contribution in [0.25, 0.3) is 11.5 Å². The van der Waals surface area contributed by atoms with Gasteiger partial charge in [-0.05, 0) is 36.4 Å². The van der Waals surface area contributed by atoms with Crippen LogP contribution in [-0.4, -0.2) is 41.8 Å². The Balaban J connectivity index is 1.55. The number of benzene rings is 2. The first-order valence-corrected chi connectivity index (χ1v) is 8.68. The van der Waals surface area contributed by atoms with Crippen molar-refractivity contribution in [3.05, 3.63) is 59.4 Å². The number of ether oxygens (including phenoxy) is 1. The number of halogens is 1. The predicted molar refractivity (Wildman–Crippen MR) is 103 cm³/mol. The van der Waals surface area contributed by atoms with Gasteiger partial charge in [0.05, 0.1) is 17.7 Å². The van der Waals surface area contributed by atoms with Gasteiger partial charge in [-0.15, -0.1) is 0 Å². The lowest BCUT2D eigenvalue weighted by Crippen LogP contribution is -2.33. The van der Waals surface area contributed by atoms with Crippen LogP contribution in [-0.2, 0) is 6.42 Å². The monoisotopic (exact) mass is 386 g/mol. The van der Waals surface area contributed by atoms with E-state index >= 15 is 0 Å². The Hall–Kier alpha value is -3.06. The summed E-state index contributed by atoms with van der Waals surface area (Å²) in [5.74, 6) is 1.60. The Kier molecular flexibility index (Phi) is 5.93. The quantitative estimate of drug-likeness (QED) is 0.689. The highest BCUT2D eigenvalue weighted by Crippen LogP contribution is 2.25. The summed E-state index contributed by atoms with van der Waals surface area (Å²) in [6.07, 6.45) is 0.459. The largest absolute Gasteiger partial charge is 0.497 e. The summed E-state index contributed by atoms with van der Waals surface area (Å²) in [5, 5.41) is 7.31. The molecule has 140 valence electrons. The summed E-state index contributed by atoms with van der Waals surface area (Å²) in [4.78, 5) is 18.2. The fourth-order valence-corrected chi connectivity index (χ4v) is 2.58. The number of anilines is 1. The maximum absolute atomic E-state index is 12.3. The number of carbonyl (C=O) groups is 1. The first kappa shape index (κ1) is 18.7. The first-order valence-electron chi connectivity index (χ1n) is 8.30. The molecule has 0 fully saturated rings. The Labute approximate surface area is 161 Å². The number of methoxy groups -OCH3 is 1. The Morgan fingerprint density at radius 3 is 2.67 bits per heavy atom. The van der Waals surface area contributed by atoms with Crippen molar-refractivity contribution in [2.24, 2.45) is 0 Å². The van der Waals surface area contributed by atoms with E-state index in [1.165, 1.54) is 0 Å². The molecule has 0 aliphatic rings. The highest BCUT2D eigenvalue weighted by atomic mass is 35.5. The Morgan fingerprint density at radius 2 is 1.96 bits per heavy atom. The van der Waals surface area contributed by atoms with E-state index in [1.54, 1.807) is 49.4 Å². The molecule has 2 amide bonds. The molecule has 0 aliphatic heterocycles. The summed E-state index contributed by atoms with van der Waals surface area (Å²) in [6.45, 7) is 0.434. The summed E-state index contributed by atoms with van der Waals surface area (Å²) in [7, 11) is 3.30. The van der Waals surface area contributed by atoms with Crippen molar-refractivity contribution in [1.82, 2.24) is 15.0 Å². The number of amides is 2. The average Bonchev–Trinajstić information content (AvgIpc) is 3.15. The van der Waals surface area contributed by atoms with Crippen molar-refractivity contribution in [1.29, 1.82) is 0 Å². The van der Waals surface area contributed by atoms with Crippen LogP contribution in [0.15, 0.2) is 53.1 Å². The maximum atomic E-state index is 12.3. The SMILES string of the molecule is COc1ccc(NC(=O)N(C)CCc2noc(-c3ccccc3Cl)n2)cc1. The molecule has 27 heavy (non-hydrogen) atoms. The Bertz CT molecular complexity index is 911. The molecule has 3 rings (SSSR count). The zero-order chi connectivity index (χ0) is 19.2. The molecule has 0 aliphatic carbocycles. The number of aromatic nitrogens is 2. The summed E-state index contributed by atoms with van der Waals surface area (Å²) in [5.41, 5.74) is 1.37. The number of rotatable bonds is 6. The van der Waals surface area contributed by atoms with Gasteiger partial charge in [0.2, 0.25) is 0 Å². The fraction of sp³-hybridized carbons (Fsp3) is 0.211. The lowest BCUT2D eigenvalue weighted by molar-refractivity contribution is 0.222. The van der Waals surface area contributed by atoms with Crippen LogP contribution < -0.4 is 10.1 Å². The van der Waals surface area contributed by atoms with Gasteiger partial charge in [0.25, 0.3) is 5.89 Å². The van der Waals surface area contributed by atoms with Crippen LogP contribution in [0.5, 0.6) is 5.75 Å². The average molecular weight is 387 g/mol. The van der Waals surface area contributed by atoms with Crippen molar-refractivity contribution < 1.29 is 14.1 Å². The molecule has 0 bridgehead atoms. The van der Waals surface area contributed by atoms with Gasteiger partial charge in [-0.25, -0.2) is 4.79 Å². The Morgan fingerprint density at radius 1 is 1.22 bits per heavy atom. The minimum Gasteiger partial charge on any atom is -0.497 e. The summed E-state index contributed by atoms with van der Waals surface area (Å²) in [6, 6.07) is 14.2. The van der Waals surface area contributed by atoms with Crippen molar-refractivity contribution in [3.63, 3.8) is 0 Å². The molecule has 0 spiro atoms. The van der Waals surface area contributed by atoms with Crippen molar-refractivity contribution in [2.45, 2.75) is 6.42 Å². The number of carbonyl (C=O) groups excluding carboxylic acids is 1. The minimum absolute atomic E-state index is 0.227. The number of nitrogens with zero attached hydrogens (tertiary/aromatic N) is 3. The van der Waals surface area contributed by atoms with E-state index in [1.807, 2.05) is 18.2 Å². The third-order valence-electron chi connectivity index (χ3n) is 3.93. The van der Waals surface area contributed by atoms with E-state index in [0.29, 0.717) is 41.0 Å². The van der Waals surface area contributed by atoms with Crippen LogP contribution in [0.1, 0.15) is 5.82 Å². The number of urea groups is 1. The molecule has 0 saturated carbocycles. The van der Waals surface area contributed by atoms with Crippen LogP contribution in [0.3, 0.4) is 0 Å². The van der Waals surface area contributed by atoms with Crippen LogP contribution >= 0.6 is 11.6 Å². The number of likely N-dealkylation sites (N-methyl/N-ethyl adjacent to an activating group) is 1. The lowest BCUT2D eigenvalue weighted by Gasteiger charge is -2.17. The van der Waals surface area contributed by atoms with Gasteiger partial charge in [0.1, 0.15) is 5.75 Å². The zero-order valence-electron chi connectivity index (χ0n) is 15.0. The smallest absolute Gasteiger partial charge is 0.321 e. The summed E-state index contributed by atoms with van der Waals surface area (Å²) < 4.78 is 10.4. The molecule has 0 atom stereocenters. The zero-order valence-corrected chi connectivity index (χ0v) is 15.7. The third-order valence-corrected chi connectivity index (χ3v) is 4.26. The molecule has 0 saturated heterocycles. The van der Waals surface area contributed by atoms with Gasteiger partial charge in [-0.1, -0.05) is 28.9 Å². The van der Waals surface area contributed by atoms with Crippen LogP contribution in [0.4, 0.5) is 10.5 Å². The molecule has 7 nitrogen and oxygen atoms in total. The predicted octanol–water partition coefficient (Wildman–Crippen LogP) is 4.11. The van der Waals surface area contributed by atoms with E-state index in [4.69, 9.17) is 20.9 Å². The van der Waals surface area contributed by atoms with Crippen molar-refractivity contribution >= 4 is 23.3 Å². The van der Waals surface area contributed by atoms with Gasteiger partial charge in [-0.2, -0.15) is 4.98 Å². The number of hydrogen-bond acceptors (Lipinski definition) is 5. The lowest BCUT2D eigenvalue weighted by atomic mass is 10.2. The molecule has 0 unspecified atom stereocenters. The minimum atomic E-state index is -0.227. The highest BCUT2D eigenvalue weighted by molar-refractivity contribution is 6.33. The number of hydrogen-bond donors (Lipinski definition) is 1.